The zero-order chi connectivity index (χ0) is 16.1. The van der Waals surface area contributed by atoms with Gasteiger partial charge in [-0.25, -0.2) is 4.21 Å². The summed E-state index contributed by atoms with van der Waals surface area (Å²) < 4.78 is 24.1. The van der Waals surface area contributed by atoms with Crippen molar-refractivity contribution >= 4 is 17.3 Å². The van der Waals surface area contributed by atoms with E-state index in [1.807, 2.05) is 4.90 Å². The van der Waals surface area contributed by atoms with Gasteiger partial charge < -0.3 is 14.0 Å². The van der Waals surface area contributed by atoms with Crippen LogP contribution in [0.3, 0.4) is 0 Å². The molecular weight excluding hydrogens is 290 g/mol. The lowest BCUT2D eigenvalue weighted by Gasteiger charge is -2.02. The molecule has 0 aromatic heterocycles. The van der Waals surface area contributed by atoms with Gasteiger partial charge in [-0.05, 0) is 12.5 Å². The molecule has 0 saturated carbocycles. The first-order valence-corrected chi connectivity index (χ1v) is 8.77. The van der Waals surface area contributed by atoms with Crippen LogP contribution in [-0.4, -0.2) is 36.7 Å². The van der Waals surface area contributed by atoms with Crippen LogP contribution in [0.1, 0.15) is 64.7 Å². The maximum atomic E-state index is 11.2. The molecule has 1 saturated heterocycles. The SMILES string of the molecule is C=CC(=O)N1CC1CCCCCCCCCC.O=S([O-])O. The molecule has 0 aromatic rings. The molecule has 2 atom stereocenters. The Balaban J connectivity index is 0.000000885. The van der Waals surface area contributed by atoms with Gasteiger partial charge >= 0.3 is 0 Å². The van der Waals surface area contributed by atoms with Crippen LogP contribution in [-0.2, 0) is 16.2 Å². The first-order valence-electron chi connectivity index (χ1n) is 7.74. The third kappa shape index (κ3) is 12.7. The summed E-state index contributed by atoms with van der Waals surface area (Å²) in [4.78, 5) is 13.1. The summed E-state index contributed by atoms with van der Waals surface area (Å²) in [5.41, 5.74) is 0. The Labute approximate surface area is 130 Å². The van der Waals surface area contributed by atoms with E-state index in [0.29, 0.717) is 6.04 Å². The van der Waals surface area contributed by atoms with Crippen molar-refractivity contribution < 1.29 is 18.1 Å². The van der Waals surface area contributed by atoms with Gasteiger partial charge in [0.2, 0.25) is 5.91 Å². The summed E-state index contributed by atoms with van der Waals surface area (Å²) in [6, 6.07) is 0.528. The van der Waals surface area contributed by atoms with Crippen molar-refractivity contribution in [2.45, 2.75) is 70.8 Å². The van der Waals surface area contributed by atoms with Crippen molar-refractivity contribution in [3.8, 4) is 0 Å². The van der Waals surface area contributed by atoms with E-state index in [4.69, 9.17) is 13.3 Å². The summed E-state index contributed by atoms with van der Waals surface area (Å²) in [6.45, 7) is 6.73. The highest BCUT2D eigenvalue weighted by Gasteiger charge is 2.35. The van der Waals surface area contributed by atoms with Crippen LogP contribution in [0.4, 0.5) is 0 Å². The number of unbranched alkanes of at least 4 members (excludes halogenated alkanes) is 7. The standard InChI is InChI=1S/C15H27NO.H2O3S/c1-3-5-6-7-8-9-10-11-12-14-13-16(14)15(17)4-2;1-4(2)3/h4,14H,2-3,5-13H2,1H3;(H2,1,2,3)/p-1. The van der Waals surface area contributed by atoms with Crippen LogP contribution in [0.15, 0.2) is 12.7 Å². The second-order valence-corrected chi connectivity index (χ2v) is 5.76. The summed E-state index contributed by atoms with van der Waals surface area (Å²) >= 11 is -2.86. The van der Waals surface area contributed by atoms with E-state index in [0.717, 1.165) is 6.54 Å². The molecule has 21 heavy (non-hydrogen) atoms. The average molecular weight is 318 g/mol. The highest BCUT2D eigenvalue weighted by Crippen LogP contribution is 2.24. The normalized spacial score (nSPS) is 17.7. The number of amides is 1. The van der Waals surface area contributed by atoms with Gasteiger partial charge in [0.1, 0.15) is 0 Å². The summed E-state index contributed by atoms with van der Waals surface area (Å²) in [6.07, 6.45) is 13.5. The van der Waals surface area contributed by atoms with Gasteiger partial charge in [0.05, 0.1) is 11.4 Å². The van der Waals surface area contributed by atoms with Crippen molar-refractivity contribution in [2.24, 2.45) is 0 Å². The van der Waals surface area contributed by atoms with E-state index in [1.165, 1.54) is 63.9 Å². The minimum Gasteiger partial charge on any atom is -0.750 e. The summed E-state index contributed by atoms with van der Waals surface area (Å²) in [5, 5.41) is 0. The van der Waals surface area contributed by atoms with E-state index in [9.17, 15) is 4.79 Å². The van der Waals surface area contributed by atoms with Crippen molar-refractivity contribution in [3.05, 3.63) is 12.7 Å². The molecule has 1 aliphatic heterocycles. The molecule has 0 spiro atoms. The summed E-state index contributed by atoms with van der Waals surface area (Å²) in [5.74, 6) is 0.106. The Morgan fingerprint density at radius 3 is 2.24 bits per heavy atom. The van der Waals surface area contributed by atoms with Gasteiger partial charge in [-0.1, -0.05) is 64.9 Å². The van der Waals surface area contributed by atoms with Gasteiger partial charge in [0.15, 0.2) is 0 Å². The highest BCUT2D eigenvalue weighted by atomic mass is 32.2. The van der Waals surface area contributed by atoms with Gasteiger partial charge in [-0.2, -0.15) is 0 Å². The Morgan fingerprint density at radius 1 is 1.29 bits per heavy atom. The maximum absolute atomic E-state index is 11.2. The number of nitrogens with zero attached hydrogens (tertiary/aromatic N) is 1. The maximum Gasteiger partial charge on any atom is 0.246 e. The Morgan fingerprint density at radius 2 is 1.76 bits per heavy atom. The van der Waals surface area contributed by atoms with Gasteiger partial charge in [-0.15, -0.1) is 0 Å². The molecule has 2 unspecified atom stereocenters. The molecule has 0 aliphatic carbocycles. The van der Waals surface area contributed by atoms with Crippen molar-refractivity contribution in [3.63, 3.8) is 0 Å². The molecule has 1 aliphatic rings. The fraction of sp³-hybridized carbons (Fsp3) is 0.800. The molecule has 0 radical (unpaired) electrons. The third-order valence-electron chi connectivity index (χ3n) is 3.56. The van der Waals surface area contributed by atoms with E-state index in [-0.39, 0.29) is 5.91 Å². The molecule has 1 rings (SSSR count). The lowest BCUT2D eigenvalue weighted by molar-refractivity contribution is -0.121. The molecule has 1 N–H and O–H groups in total. The molecular formula is C15H28NO4S-. The van der Waals surface area contributed by atoms with Gasteiger partial charge in [0, 0.05) is 12.6 Å². The monoisotopic (exact) mass is 318 g/mol. The van der Waals surface area contributed by atoms with Crippen LogP contribution in [0.2, 0.25) is 0 Å². The topological polar surface area (TPSA) is 80.4 Å². The van der Waals surface area contributed by atoms with Crippen LogP contribution in [0, 0.1) is 0 Å². The first kappa shape index (κ1) is 20.3. The minimum atomic E-state index is -2.86. The van der Waals surface area contributed by atoms with E-state index >= 15 is 0 Å². The van der Waals surface area contributed by atoms with Crippen molar-refractivity contribution in [1.29, 1.82) is 0 Å². The fourth-order valence-corrected chi connectivity index (χ4v) is 2.33. The number of rotatable bonds is 10. The third-order valence-corrected chi connectivity index (χ3v) is 3.56. The average Bonchev–Trinajstić information content (AvgIpc) is 3.20. The quantitative estimate of drug-likeness (QED) is 0.290. The van der Waals surface area contributed by atoms with E-state index in [1.54, 1.807) is 0 Å². The van der Waals surface area contributed by atoms with Crippen molar-refractivity contribution in [2.75, 3.05) is 6.54 Å². The van der Waals surface area contributed by atoms with Crippen LogP contribution in [0.5, 0.6) is 0 Å². The number of carbonyl (C=O) groups is 1. The largest absolute Gasteiger partial charge is 0.750 e. The predicted molar refractivity (Wildman–Crippen MR) is 84.5 cm³/mol. The number of hydrogen-bond donors (Lipinski definition) is 1. The second-order valence-electron chi connectivity index (χ2n) is 5.33. The Bertz CT molecular complexity index is 319. The Kier molecular flexibility index (Phi) is 12.5. The molecule has 1 fully saturated rings. The zero-order valence-electron chi connectivity index (χ0n) is 13.0. The molecule has 124 valence electrons. The van der Waals surface area contributed by atoms with E-state index in [2.05, 4.69) is 13.5 Å². The molecule has 6 heteroatoms. The minimum absolute atomic E-state index is 0.106. The second kappa shape index (κ2) is 13.0. The molecule has 5 nitrogen and oxygen atoms in total. The van der Waals surface area contributed by atoms with Crippen LogP contribution >= 0.6 is 0 Å². The molecule has 0 aromatic carbocycles. The zero-order valence-corrected chi connectivity index (χ0v) is 13.8. The number of hydrogen-bond acceptors (Lipinski definition) is 3. The lowest BCUT2D eigenvalue weighted by Crippen LogP contribution is -2.09. The van der Waals surface area contributed by atoms with E-state index < -0.39 is 11.4 Å². The summed E-state index contributed by atoms with van der Waals surface area (Å²) in [7, 11) is 0. The smallest absolute Gasteiger partial charge is 0.246 e. The van der Waals surface area contributed by atoms with Gasteiger partial charge in [0.25, 0.3) is 0 Å². The first-order chi connectivity index (χ1) is 10.0. The molecule has 1 amide bonds. The predicted octanol–water partition coefficient (Wildman–Crippen LogP) is 3.25. The number of carbonyl (C=O) groups excluding carboxylic acids is 1. The fourth-order valence-electron chi connectivity index (χ4n) is 2.33. The van der Waals surface area contributed by atoms with Crippen LogP contribution in [0.25, 0.3) is 0 Å². The molecule has 0 bridgehead atoms. The lowest BCUT2D eigenvalue weighted by atomic mass is 10.1. The Hall–Kier alpha value is -0.720. The highest BCUT2D eigenvalue weighted by molar-refractivity contribution is 7.73. The van der Waals surface area contributed by atoms with Crippen LogP contribution < -0.4 is 0 Å². The van der Waals surface area contributed by atoms with Crippen molar-refractivity contribution in [1.82, 2.24) is 4.90 Å². The molecule has 1 heterocycles. The van der Waals surface area contributed by atoms with Gasteiger partial charge in [-0.3, -0.25) is 4.79 Å².